The summed E-state index contributed by atoms with van der Waals surface area (Å²) >= 11 is 0. The zero-order valence-electron chi connectivity index (χ0n) is 19.1. The third-order valence-corrected chi connectivity index (χ3v) is 4.57. The van der Waals surface area contributed by atoms with Crippen molar-refractivity contribution in [1.82, 2.24) is 0 Å². The van der Waals surface area contributed by atoms with E-state index >= 15 is 0 Å². The maximum atomic E-state index is 12.2. The summed E-state index contributed by atoms with van der Waals surface area (Å²) in [5.74, 6) is -1.81. The van der Waals surface area contributed by atoms with Crippen LogP contribution in [0.4, 0.5) is 0 Å². The average Bonchev–Trinajstić information content (AvgIpc) is 3.08. The second-order valence-corrected chi connectivity index (χ2v) is 7.49. The summed E-state index contributed by atoms with van der Waals surface area (Å²) < 4.78 is 27.5. The molecule has 1 heterocycles. The van der Waals surface area contributed by atoms with Gasteiger partial charge in [0.2, 0.25) is 0 Å². The fraction of sp³-hybridized carbons (Fsp3) is 0.818. The minimum Gasteiger partial charge on any atom is -0.462 e. The van der Waals surface area contributed by atoms with Gasteiger partial charge < -0.3 is 23.7 Å². The minimum absolute atomic E-state index is 0.0189. The molecule has 178 valence electrons. The average molecular weight is 445 g/mol. The molecule has 0 saturated carbocycles. The molecule has 0 aromatic heterocycles. The third kappa shape index (κ3) is 9.67. The number of carbonyl (C=O) groups is 4. The number of rotatable bonds is 14. The highest BCUT2D eigenvalue weighted by atomic mass is 16.7. The van der Waals surface area contributed by atoms with Crippen LogP contribution < -0.4 is 0 Å². The van der Waals surface area contributed by atoms with Gasteiger partial charge in [-0.1, -0.05) is 27.7 Å². The third-order valence-electron chi connectivity index (χ3n) is 4.57. The topological polar surface area (TPSA) is 114 Å². The van der Waals surface area contributed by atoms with Gasteiger partial charge in [-0.3, -0.25) is 19.2 Å². The Balaban J connectivity index is 3.01. The minimum atomic E-state index is -0.992. The molecule has 0 N–H and O–H groups in total. The molecule has 1 aliphatic heterocycles. The Labute approximate surface area is 184 Å². The molecule has 0 aromatic carbocycles. The Morgan fingerprint density at radius 2 is 1.29 bits per heavy atom. The highest BCUT2D eigenvalue weighted by Gasteiger charge is 2.48. The van der Waals surface area contributed by atoms with Gasteiger partial charge in [0.15, 0.2) is 18.3 Å². The molecular weight excluding hydrogens is 408 g/mol. The molecule has 1 rings (SSSR count). The van der Waals surface area contributed by atoms with E-state index in [1.165, 1.54) is 0 Å². The summed E-state index contributed by atoms with van der Waals surface area (Å²) in [7, 11) is 0. The van der Waals surface area contributed by atoms with E-state index in [1.54, 1.807) is 0 Å². The van der Waals surface area contributed by atoms with E-state index in [0.717, 1.165) is 0 Å². The Bertz CT molecular complexity index is 590. The SMILES string of the molecule is CCCC(=O)OCC(OC(=O)CCC)[C@H]1OC[C@H](OC(=O)CCC)[C@H]1OC(=O)CCC. The number of hydrogen-bond acceptors (Lipinski definition) is 9. The van der Waals surface area contributed by atoms with E-state index in [9.17, 15) is 19.2 Å². The molecule has 0 aromatic rings. The van der Waals surface area contributed by atoms with Crippen LogP contribution >= 0.6 is 0 Å². The van der Waals surface area contributed by atoms with Gasteiger partial charge in [-0.05, 0) is 25.7 Å². The summed E-state index contributed by atoms with van der Waals surface area (Å²) in [6.07, 6.45) is -0.497. The van der Waals surface area contributed by atoms with Crippen molar-refractivity contribution in [3.8, 4) is 0 Å². The molecule has 4 atom stereocenters. The first-order chi connectivity index (χ1) is 14.9. The molecule has 1 unspecified atom stereocenters. The standard InChI is InChI=1S/C22H36O9/c1-5-9-17(23)27-13-15(29-18(24)10-6-2)21-22(31-20(26)12-8-4)16(14-28-21)30-19(25)11-7-3/h15-16,21-22H,5-14H2,1-4H3/t15?,16-,21+,22+/m0/s1. The van der Waals surface area contributed by atoms with Gasteiger partial charge in [-0.15, -0.1) is 0 Å². The Morgan fingerprint density at radius 1 is 0.774 bits per heavy atom. The van der Waals surface area contributed by atoms with Gasteiger partial charge in [-0.2, -0.15) is 0 Å². The predicted octanol–water partition coefficient (Wildman–Crippen LogP) is 2.86. The van der Waals surface area contributed by atoms with Gasteiger partial charge in [0.1, 0.15) is 12.7 Å². The van der Waals surface area contributed by atoms with Gasteiger partial charge in [0.05, 0.1) is 6.61 Å². The van der Waals surface area contributed by atoms with E-state index in [1.807, 2.05) is 27.7 Å². The lowest BCUT2D eigenvalue weighted by Crippen LogP contribution is -2.47. The highest BCUT2D eigenvalue weighted by molar-refractivity contribution is 5.71. The smallest absolute Gasteiger partial charge is 0.306 e. The molecule has 0 aliphatic carbocycles. The van der Waals surface area contributed by atoms with Gasteiger partial charge >= 0.3 is 23.9 Å². The van der Waals surface area contributed by atoms with Crippen LogP contribution in [0, 0.1) is 0 Å². The van der Waals surface area contributed by atoms with Crippen molar-refractivity contribution in [1.29, 1.82) is 0 Å². The van der Waals surface area contributed by atoms with Crippen LogP contribution in [0.1, 0.15) is 79.1 Å². The van der Waals surface area contributed by atoms with Gasteiger partial charge in [0.25, 0.3) is 0 Å². The summed E-state index contributed by atoms with van der Waals surface area (Å²) in [5.41, 5.74) is 0. The Hall–Kier alpha value is -2.16. The maximum absolute atomic E-state index is 12.2. The van der Waals surface area contributed by atoms with Crippen LogP contribution in [-0.2, 0) is 42.9 Å². The monoisotopic (exact) mass is 444 g/mol. The van der Waals surface area contributed by atoms with Crippen molar-refractivity contribution in [2.45, 2.75) is 103 Å². The predicted molar refractivity (Wildman–Crippen MR) is 110 cm³/mol. The molecule has 0 bridgehead atoms. The lowest BCUT2D eigenvalue weighted by molar-refractivity contribution is -0.179. The van der Waals surface area contributed by atoms with Gasteiger partial charge in [-0.25, -0.2) is 0 Å². The number of esters is 4. The largest absolute Gasteiger partial charge is 0.462 e. The van der Waals surface area contributed by atoms with Crippen molar-refractivity contribution in [2.24, 2.45) is 0 Å². The molecule has 0 amide bonds. The fourth-order valence-corrected chi connectivity index (χ4v) is 3.10. The molecule has 9 nitrogen and oxygen atoms in total. The van der Waals surface area contributed by atoms with Crippen molar-refractivity contribution >= 4 is 23.9 Å². The molecule has 9 heteroatoms. The maximum Gasteiger partial charge on any atom is 0.306 e. The van der Waals surface area contributed by atoms with E-state index in [0.29, 0.717) is 25.7 Å². The molecule has 1 aliphatic rings. The lowest BCUT2D eigenvalue weighted by Gasteiger charge is -2.28. The molecule has 0 radical (unpaired) electrons. The number of ether oxygens (including phenoxy) is 5. The van der Waals surface area contributed by atoms with Crippen molar-refractivity contribution in [3.05, 3.63) is 0 Å². The molecule has 1 saturated heterocycles. The number of carbonyl (C=O) groups excluding carboxylic acids is 4. The quantitative estimate of drug-likeness (QED) is 0.295. The van der Waals surface area contributed by atoms with Gasteiger partial charge in [0, 0.05) is 25.7 Å². The van der Waals surface area contributed by atoms with Crippen molar-refractivity contribution in [2.75, 3.05) is 13.2 Å². The second kappa shape index (κ2) is 14.8. The molecule has 0 spiro atoms. The molecule has 1 fully saturated rings. The summed E-state index contributed by atoms with van der Waals surface area (Å²) in [6, 6.07) is 0. The van der Waals surface area contributed by atoms with Crippen LogP contribution in [0.5, 0.6) is 0 Å². The van der Waals surface area contributed by atoms with E-state index in [4.69, 9.17) is 23.7 Å². The van der Waals surface area contributed by atoms with Crippen LogP contribution in [0.3, 0.4) is 0 Å². The Morgan fingerprint density at radius 3 is 1.87 bits per heavy atom. The van der Waals surface area contributed by atoms with E-state index in [-0.39, 0.29) is 38.9 Å². The zero-order valence-corrected chi connectivity index (χ0v) is 19.1. The fourth-order valence-electron chi connectivity index (χ4n) is 3.10. The first-order valence-electron chi connectivity index (χ1n) is 11.2. The first kappa shape index (κ1) is 26.9. The number of hydrogen-bond donors (Lipinski definition) is 0. The van der Waals surface area contributed by atoms with Crippen molar-refractivity contribution in [3.63, 3.8) is 0 Å². The highest BCUT2D eigenvalue weighted by Crippen LogP contribution is 2.27. The van der Waals surface area contributed by atoms with Crippen LogP contribution in [0.2, 0.25) is 0 Å². The van der Waals surface area contributed by atoms with Crippen LogP contribution in [0.15, 0.2) is 0 Å². The summed E-state index contributed by atoms with van der Waals surface area (Å²) in [4.78, 5) is 48.2. The van der Waals surface area contributed by atoms with Crippen LogP contribution in [0.25, 0.3) is 0 Å². The van der Waals surface area contributed by atoms with E-state index in [2.05, 4.69) is 0 Å². The second-order valence-electron chi connectivity index (χ2n) is 7.49. The molecular formula is C22H36O9. The summed E-state index contributed by atoms with van der Waals surface area (Å²) in [6.45, 7) is 7.11. The summed E-state index contributed by atoms with van der Waals surface area (Å²) in [5, 5.41) is 0. The van der Waals surface area contributed by atoms with Crippen molar-refractivity contribution < 1.29 is 42.9 Å². The van der Waals surface area contributed by atoms with E-state index < -0.39 is 48.3 Å². The Kier molecular flexibility index (Phi) is 12.8. The van der Waals surface area contributed by atoms with Crippen LogP contribution in [-0.4, -0.2) is 61.5 Å². The zero-order chi connectivity index (χ0) is 23.2. The lowest BCUT2D eigenvalue weighted by atomic mass is 10.1. The normalized spacial score (nSPS) is 21.2. The first-order valence-corrected chi connectivity index (χ1v) is 11.2. The molecule has 31 heavy (non-hydrogen) atoms.